The molecule has 0 bridgehead atoms. The topological polar surface area (TPSA) is 123 Å². The highest BCUT2D eigenvalue weighted by molar-refractivity contribution is 5.91. The molecule has 156 valence electrons. The van der Waals surface area contributed by atoms with Gasteiger partial charge in [-0.05, 0) is 42.8 Å². The predicted octanol–water partition coefficient (Wildman–Crippen LogP) is 2.35. The van der Waals surface area contributed by atoms with Gasteiger partial charge in [-0.2, -0.15) is 9.90 Å². The van der Waals surface area contributed by atoms with Crippen LogP contribution in [0, 0.1) is 6.92 Å². The maximum atomic E-state index is 12.2. The molecule has 0 saturated heterocycles. The van der Waals surface area contributed by atoms with Crippen LogP contribution in [0.3, 0.4) is 0 Å². The number of nitrogens with one attached hydrogen (secondary N) is 3. The van der Waals surface area contributed by atoms with Crippen molar-refractivity contribution in [2.75, 3.05) is 23.7 Å². The first-order valence-corrected chi connectivity index (χ1v) is 9.71. The second-order valence-corrected chi connectivity index (χ2v) is 6.69. The molecule has 0 aliphatic heterocycles. The van der Waals surface area contributed by atoms with Gasteiger partial charge in [-0.1, -0.05) is 24.3 Å². The van der Waals surface area contributed by atoms with Crippen molar-refractivity contribution in [2.45, 2.75) is 6.92 Å². The van der Waals surface area contributed by atoms with Crippen LogP contribution in [0.15, 0.2) is 67.0 Å². The lowest BCUT2D eigenvalue weighted by molar-refractivity contribution is 0.0950. The number of aryl methyl sites for hydroxylation is 1. The molecule has 0 saturated carbocycles. The monoisotopic (exact) mass is 415 g/mol. The molecule has 3 heterocycles. The van der Waals surface area contributed by atoms with E-state index >= 15 is 0 Å². The number of amides is 1. The average molecular weight is 415 g/mol. The zero-order valence-electron chi connectivity index (χ0n) is 16.9. The summed E-state index contributed by atoms with van der Waals surface area (Å²) in [5.41, 5.74) is 2.13. The number of nitrogens with zero attached hydrogens (tertiary/aromatic N) is 6. The molecular formula is C21H21N9O. The summed E-state index contributed by atoms with van der Waals surface area (Å²) < 4.78 is 0. The van der Waals surface area contributed by atoms with Gasteiger partial charge in [0.25, 0.3) is 5.91 Å². The largest absolute Gasteiger partial charge is 0.367 e. The second kappa shape index (κ2) is 9.44. The van der Waals surface area contributed by atoms with E-state index in [2.05, 4.69) is 41.3 Å². The van der Waals surface area contributed by atoms with Crippen molar-refractivity contribution in [1.82, 2.24) is 35.5 Å². The summed E-state index contributed by atoms with van der Waals surface area (Å²) in [5, 5.41) is 25.6. The smallest absolute Gasteiger partial charge is 0.273 e. The number of benzene rings is 1. The van der Waals surface area contributed by atoms with Crippen LogP contribution < -0.4 is 16.0 Å². The van der Waals surface area contributed by atoms with Crippen molar-refractivity contribution in [3.63, 3.8) is 0 Å². The number of carbonyl (C=O) groups excluding carboxylic acids is 1. The molecule has 3 aromatic heterocycles. The Labute approximate surface area is 178 Å². The number of aromatic nitrogens is 6. The van der Waals surface area contributed by atoms with Gasteiger partial charge in [-0.15, -0.1) is 15.3 Å². The number of hydrogen-bond donors (Lipinski definition) is 3. The molecule has 31 heavy (non-hydrogen) atoms. The van der Waals surface area contributed by atoms with Crippen molar-refractivity contribution < 1.29 is 4.79 Å². The van der Waals surface area contributed by atoms with Gasteiger partial charge in [0.2, 0.25) is 0 Å². The van der Waals surface area contributed by atoms with Gasteiger partial charge in [0.15, 0.2) is 11.5 Å². The Balaban J connectivity index is 1.22. The minimum Gasteiger partial charge on any atom is -0.367 e. The van der Waals surface area contributed by atoms with Crippen molar-refractivity contribution in [2.24, 2.45) is 0 Å². The number of anilines is 3. The predicted molar refractivity (Wildman–Crippen MR) is 116 cm³/mol. The SMILES string of the molecule is Cc1ccc(Nc2ccc(NCCNC(=O)c3cnn(-c4ccccc4)n3)nn2)nc1. The summed E-state index contributed by atoms with van der Waals surface area (Å²) in [7, 11) is 0. The number of para-hydroxylation sites is 1. The van der Waals surface area contributed by atoms with Crippen LogP contribution in [-0.2, 0) is 0 Å². The Morgan fingerprint density at radius 1 is 0.903 bits per heavy atom. The van der Waals surface area contributed by atoms with Crippen LogP contribution in [0.25, 0.3) is 5.69 Å². The minimum absolute atomic E-state index is 0.254. The number of carbonyl (C=O) groups is 1. The molecule has 10 nitrogen and oxygen atoms in total. The van der Waals surface area contributed by atoms with Gasteiger partial charge in [-0.3, -0.25) is 4.79 Å². The Morgan fingerprint density at radius 2 is 1.68 bits per heavy atom. The van der Waals surface area contributed by atoms with E-state index in [-0.39, 0.29) is 11.6 Å². The van der Waals surface area contributed by atoms with Crippen molar-refractivity contribution in [3.05, 3.63) is 78.2 Å². The van der Waals surface area contributed by atoms with E-state index in [1.54, 1.807) is 18.3 Å². The molecule has 3 N–H and O–H groups in total. The molecule has 0 fully saturated rings. The number of hydrogen-bond acceptors (Lipinski definition) is 8. The van der Waals surface area contributed by atoms with E-state index in [1.165, 1.54) is 11.0 Å². The third-order valence-corrected chi connectivity index (χ3v) is 4.26. The highest BCUT2D eigenvalue weighted by atomic mass is 16.2. The van der Waals surface area contributed by atoms with E-state index in [0.29, 0.717) is 30.5 Å². The molecule has 4 rings (SSSR count). The zero-order valence-corrected chi connectivity index (χ0v) is 16.9. The number of pyridine rings is 1. The van der Waals surface area contributed by atoms with E-state index in [9.17, 15) is 4.79 Å². The summed E-state index contributed by atoms with van der Waals surface area (Å²) in [6.07, 6.45) is 3.22. The molecular weight excluding hydrogens is 394 g/mol. The zero-order chi connectivity index (χ0) is 21.5. The van der Waals surface area contributed by atoms with Crippen molar-refractivity contribution in [3.8, 4) is 5.69 Å². The molecule has 1 aromatic carbocycles. The first-order chi connectivity index (χ1) is 15.2. The van der Waals surface area contributed by atoms with Gasteiger partial charge in [0.05, 0.1) is 11.9 Å². The summed E-state index contributed by atoms with van der Waals surface area (Å²) in [6.45, 7) is 2.86. The standard InChI is InChI=1S/C21H21N9O/c1-15-7-8-18(24-13-15)26-20-10-9-19(27-28-20)22-11-12-23-21(31)17-14-25-30(29-17)16-5-3-2-4-6-16/h2-10,13-14H,11-12H2,1H3,(H,22,27)(H,23,31)(H,24,26,28). The summed E-state index contributed by atoms with van der Waals surface area (Å²) in [6, 6.07) is 16.9. The molecule has 0 unspecified atom stereocenters. The molecule has 0 atom stereocenters. The first-order valence-electron chi connectivity index (χ1n) is 9.71. The van der Waals surface area contributed by atoms with E-state index in [1.807, 2.05) is 49.4 Å². The van der Waals surface area contributed by atoms with Crippen molar-refractivity contribution >= 4 is 23.4 Å². The van der Waals surface area contributed by atoms with Crippen LogP contribution in [-0.4, -0.2) is 49.2 Å². The Bertz CT molecular complexity index is 1130. The summed E-state index contributed by atoms with van der Waals surface area (Å²) in [5.74, 6) is 1.61. The van der Waals surface area contributed by atoms with Crippen LogP contribution in [0.1, 0.15) is 16.1 Å². The first kappa shape index (κ1) is 20.0. The fraction of sp³-hybridized carbons (Fsp3) is 0.143. The van der Waals surface area contributed by atoms with Crippen LogP contribution >= 0.6 is 0 Å². The van der Waals surface area contributed by atoms with Gasteiger partial charge in [0, 0.05) is 19.3 Å². The molecule has 0 radical (unpaired) electrons. The second-order valence-electron chi connectivity index (χ2n) is 6.69. The van der Waals surface area contributed by atoms with Crippen molar-refractivity contribution in [1.29, 1.82) is 0 Å². The third kappa shape index (κ3) is 5.38. The summed E-state index contributed by atoms with van der Waals surface area (Å²) >= 11 is 0. The van der Waals surface area contributed by atoms with Gasteiger partial charge >= 0.3 is 0 Å². The molecule has 4 aromatic rings. The van der Waals surface area contributed by atoms with Crippen LogP contribution in [0.4, 0.5) is 17.5 Å². The van der Waals surface area contributed by atoms with Crippen LogP contribution in [0.5, 0.6) is 0 Å². The fourth-order valence-corrected chi connectivity index (χ4v) is 2.68. The highest BCUT2D eigenvalue weighted by Gasteiger charge is 2.10. The lowest BCUT2D eigenvalue weighted by Crippen LogP contribution is -2.29. The molecule has 1 amide bonds. The molecule has 10 heteroatoms. The highest BCUT2D eigenvalue weighted by Crippen LogP contribution is 2.12. The van der Waals surface area contributed by atoms with E-state index in [4.69, 9.17) is 0 Å². The Morgan fingerprint density at radius 3 is 2.42 bits per heavy atom. The Hall–Kier alpha value is -4.34. The maximum Gasteiger partial charge on any atom is 0.273 e. The van der Waals surface area contributed by atoms with Crippen LogP contribution in [0.2, 0.25) is 0 Å². The normalized spacial score (nSPS) is 10.5. The molecule has 0 aliphatic carbocycles. The fourth-order valence-electron chi connectivity index (χ4n) is 2.68. The maximum absolute atomic E-state index is 12.2. The van der Waals surface area contributed by atoms with E-state index < -0.39 is 0 Å². The summed E-state index contributed by atoms with van der Waals surface area (Å²) in [4.78, 5) is 17.9. The lowest BCUT2D eigenvalue weighted by atomic mass is 10.3. The minimum atomic E-state index is -0.291. The van der Waals surface area contributed by atoms with Gasteiger partial charge in [-0.25, -0.2) is 4.98 Å². The van der Waals surface area contributed by atoms with Gasteiger partial charge in [0.1, 0.15) is 11.6 Å². The molecule has 0 spiro atoms. The third-order valence-electron chi connectivity index (χ3n) is 4.26. The number of rotatable bonds is 8. The molecule has 0 aliphatic rings. The lowest BCUT2D eigenvalue weighted by Gasteiger charge is -2.07. The Kier molecular flexibility index (Phi) is 6.08. The quantitative estimate of drug-likeness (QED) is 0.375. The average Bonchev–Trinajstić information content (AvgIpc) is 3.30. The van der Waals surface area contributed by atoms with Gasteiger partial charge < -0.3 is 16.0 Å². The van der Waals surface area contributed by atoms with E-state index in [0.717, 1.165) is 11.3 Å².